The van der Waals surface area contributed by atoms with Gasteiger partial charge in [-0.2, -0.15) is 5.10 Å². The van der Waals surface area contributed by atoms with E-state index in [0.717, 1.165) is 25.1 Å². The van der Waals surface area contributed by atoms with Crippen LogP contribution >= 0.6 is 0 Å². The summed E-state index contributed by atoms with van der Waals surface area (Å²) in [5.74, 6) is 0. The maximum atomic E-state index is 12.3. The minimum atomic E-state index is -0.440. The van der Waals surface area contributed by atoms with Gasteiger partial charge in [0, 0.05) is 6.20 Å². The Labute approximate surface area is 107 Å². The van der Waals surface area contributed by atoms with Crippen molar-refractivity contribution < 1.29 is 9.53 Å². The first kappa shape index (κ1) is 11.6. The number of aromatic nitrogens is 2. The van der Waals surface area contributed by atoms with E-state index < -0.39 is 5.60 Å². The third-order valence-electron chi connectivity index (χ3n) is 3.58. The summed E-state index contributed by atoms with van der Waals surface area (Å²) in [5.41, 5.74) is 0.602. The van der Waals surface area contributed by atoms with E-state index in [1.165, 1.54) is 0 Å². The maximum Gasteiger partial charge on any atom is 0.411 e. The lowest BCUT2D eigenvalue weighted by Gasteiger charge is -2.37. The van der Waals surface area contributed by atoms with Crippen LogP contribution in [0.25, 0.3) is 0 Å². The number of fused-ring (bicyclic) bond motifs is 1. The van der Waals surface area contributed by atoms with Crippen LogP contribution in [0, 0.1) is 0 Å². The average molecular weight is 249 g/mol. The molecule has 1 aliphatic heterocycles. The van der Waals surface area contributed by atoms with E-state index in [2.05, 4.69) is 5.10 Å². The van der Waals surface area contributed by atoms with Crippen LogP contribution in [-0.2, 0) is 17.8 Å². The topological polar surface area (TPSA) is 47.4 Å². The Morgan fingerprint density at radius 2 is 2.17 bits per heavy atom. The van der Waals surface area contributed by atoms with Crippen molar-refractivity contribution in [1.82, 2.24) is 14.7 Å². The van der Waals surface area contributed by atoms with Crippen molar-refractivity contribution in [1.29, 1.82) is 0 Å². The van der Waals surface area contributed by atoms with Gasteiger partial charge in [-0.25, -0.2) is 4.79 Å². The number of carbonyl (C=O) groups is 1. The molecule has 3 rings (SSSR count). The summed E-state index contributed by atoms with van der Waals surface area (Å²) >= 11 is 0. The van der Waals surface area contributed by atoms with Crippen LogP contribution in [0.3, 0.4) is 0 Å². The molecule has 1 amide bonds. The van der Waals surface area contributed by atoms with Gasteiger partial charge in [0.15, 0.2) is 0 Å². The summed E-state index contributed by atoms with van der Waals surface area (Å²) in [6.45, 7) is 7.11. The van der Waals surface area contributed by atoms with Crippen LogP contribution < -0.4 is 0 Å². The molecule has 0 radical (unpaired) electrons. The Balaban J connectivity index is 1.83. The summed E-state index contributed by atoms with van der Waals surface area (Å²) in [5, 5.41) is 4.30. The van der Waals surface area contributed by atoms with Gasteiger partial charge in [-0.3, -0.25) is 9.58 Å². The molecule has 2 heterocycles. The first-order valence-corrected chi connectivity index (χ1v) is 6.41. The van der Waals surface area contributed by atoms with Crippen molar-refractivity contribution in [2.75, 3.05) is 0 Å². The zero-order chi connectivity index (χ0) is 13.0. The van der Waals surface area contributed by atoms with E-state index in [1.54, 1.807) is 6.20 Å². The van der Waals surface area contributed by atoms with Gasteiger partial charge in [-0.05, 0) is 39.7 Å². The van der Waals surface area contributed by atoms with Crippen molar-refractivity contribution in [3.63, 3.8) is 0 Å². The van der Waals surface area contributed by atoms with E-state index in [9.17, 15) is 4.79 Å². The van der Waals surface area contributed by atoms with Crippen molar-refractivity contribution in [3.8, 4) is 0 Å². The molecule has 0 N–H and O–H groups in total. The Bertz CT molecular complexity index is 483. The summed E-state index contributed by atoms with van der Waals surface area (Å²) < 4.78 is 7.51. The lowest BCUT2D eigenvalue weighted by molar-refractivity contribution is 0.00227. The highest BCUT2D eigenvalue weighted by Crippen LogP contribution is 2.46. The highest BCUT2D eigenvalue weighted by molar-refractivity contribution is 5.70. The summed E-state index contributed by atoms with van der Waals surface area (Å²) in [7, 11) is 0. The Morgan fingerprint density at radius 3 is 2.78 bits per heavy atom. The second kappa shape index (κ2) is 3.49. The molecule has 1 aromatic rings. The van der Waals surface area contributed by atoms with Gasteiger partial charge in [0.1, 0.15) is 5.60 Å². The molecule has 1 saturated carbocycles. The normalized spacial score (nSPS) is 20.7. The molecular formula is C13H19N3O2. The van der Waals surface area contributed by atoms with E-state index in [0.29, 0.717) is 6.54 Å². The third kappa shape index (κ3) is 1.87. The average Bonchev–Trinajstić information content (AvgIpc) is 2.85. The van der Waals surface area contributed by atoms with Gasteiger partial charge < -0.3 is 4.74 Å². The summed E-state index contributed by atoms with van der Waals surface area (Å²) in [6.07, 6.45) is 3.69. The highest BCUT2D eigenvalue weighted by Gasteiger charge is 2.54. The second-order valence-corrected chi connectivity index (χ2v) is 6.27. The number of rotatable bonds is 0. The quantitative estimate of drug-likeness (QED) is 0.708. The van der Waals surface area contributed by atoms with E-state index in [-0.39, 0.29) is 11.6 Å². The molecule has 2 aliphatic rings. The van der Waals surface area contributed by atoms with Gasteiger partial charge >= 0.3 is 6.09 Å². The van der Waals surface area contributed by atoms with Crippen LogP contribution in [-0.4, -0.2) is 31.9 Å². The molecule has 5 nitrogen and oxygen atoms in total. The smallest absolute Gasteiger partial charge is 0.411 e. The summed E-state index contributed by atoms with van der Waals surface area (Å²) in [6, 6.07) is 1.96. The minimum Gasteiger partial charge on any atom is -0.444 e. The van der Waals surface area contributed by atoms with Gasteiger partial charge in [0.25, 0.3) is 0 Å². The van der Waals surface area contributed by atoms with E-state index in [4.69, 9.17) is 4.74 Å². The number of hydrogen-bond donors (Lipinski definition) is 0. The number of amides is 1. The van der Waals surface area contributed by atoms with Gasteiger partial charge in [0.2, 0.25) is 0 Å². The van der Waals surface area contributed by atoms with Crippen molar-refractivity contribution in [2.24, 2.45) is 0 Å². The van der Waals surface area contributed by atoms with Crippen LogP contribution in [0.2, 0.25) is 0 Å². The fourth-order valence-corrected chi connectivity index (χ4v) is 2.48. The molecule has 0 aromatic carbocycles. The number of hydrogen-bond acceptors (Lipinski definition) is 3. The molecule has 0 saturated heterocycles. The lowest BCUT2D eigenvalue weighted by Crippen LogP contribution is -2.50. The zero-order valence-electron chi connectivity index (χ0n) is 11.1. The molecule has 1 fully saturated rings. The molecular weight excluding hydrogens is 230 g/mol. The van der Waals surface area contributed by atoms with E-state index in [1.807, 2.05) is 36.4 Å². The standard InChI is InChI=1S/C13H19N3O2/c1-12(2,3)18-11(17)15-8-10-4-7-14-16(10)9-13(15)5-6-13/h4,7H,5-6,8-9H2,1-3H3. The summed E-state index contributed by atoms with van der Waals surface area (Å²) in [4.78, 5) is 14.2. The van der Waals surface area contributed by atoms with Crippen molar-refractivity contribution in [2.45, 2.75) is 57.8 Å². The third-order valence-corrected chi connectivity index (χ3v) is 3.58. The van der Waals surface area contributed by atoms with Crippen LogP contribution in [0.15, 0.2) is 12.3 Å². The number of ether oxygens (including phenoxy) is 1. The van der Waals surface area contributed by atoms with Crippen molar-refractivity contribution >= 4 is 6.09 Å². The fourth-order valence-electron chi connectivity index (χ4n) is 2.48. The maximum absolute atomic E-state index is 12.3. The Kier molecular flexibility index (Phi) is 2.24. The molecule has 0 bridgehead atoms. The molecule has 0 unspecified atom stereocenters. The molecule has 0 atom stereocenters. The Hall–Kier alpha value is -1.52. The lowest BCUT2D eigenvalue weighted by atomic mass is 10.1. The SMILES string of the molecule is CC(C)(C)OC(=O)N1Cc2ccnn2CC12CC2. The molecule has 1 aliphatic carbocycles. The van der Waals surface area contributed by atoms with Crippen molar-refractivity contribution in [3.05, 3.63) is 18.0 Å². The van der Waals surface area contributed by atoms with Gasteiger partial charge in [-0.1, -0.05) is 0 Å². The van der Waals surface area contributed by atoms with Gasteiger partial charge in [-0.15, -0.1) is 0 Å². The number of nitrogens with zero attached hydrogens (tertiary/aromatic N) is 3. The zero-order valence-corrected chi connectivity index (χ0v) is 11.1. The van der Waals surface area contributed by atoms with Gasteiger partial charge in [0.05, 0.1) is 24.3 Å². The molecule has 18 heavy (non-hydrogen) atoms. The highest BCUT2D eigenvalue weighted by atomic mass is 16.6. The predicted octanol–water partition coefficient (Wildman–Crippen LogP) is 2.17. The first-order valence-electron chi connectivity index (χ1n) is 6.41. The van der Waals surface area contributed by atoms with E-state index >= 15 is 0 Å². The predicted molar refractivity (Wildman–Crippen MR) is 66.0 cm³/mol. The largest absolute Gasteiger partial charge is 0.444 e. The second-order valence-electron chi connectivity index (χ2n) is 6.27. The first-order chi connectivity index (χ1) is 8.40. The monoisotopic (exact) mass is 249 g/mol. The number of carbonyl (C=O) groups excluding carboxylic acids is 1. The van der Waals surface area contributed by atoms with Crippen LogP contribution in [0.4, 0.5) is 4.79 Å². The molecule has 98 valence electrons. The molecule has 5 heteroatoms. The minimum absolute atomic E-state index is 0.0403. The fraction of sp³-hybridized carbons (Fsp3) is 0.692. The molecule has 1 spiro atoms. The molecule has 1 aromatic heterocycles. The van der Waals surface area contributed by atoms with Crippen LogP contribution in [0.1, 0.15) is 39.3 Å². The Morgan fingerprint density at radius 1 is 1.44 bits per heavy atom. The van der Waals surface area contributed by atoms with Crippen LogP contribution in [0.5, 0.6) is 0 Å².